The molecule has 1 amide bonds. The Morgan fingerprint density at radius 2 is 2.10 bits per heavy atom. The molecule has 0 spiro atoms. The summed E-state index contributed by atoms with van der Waals surface area (Å²) in [6, 6.07) is 5.65. The number of nitrogens with one attached hydrogen (secondary N) is 2. The Labute approximate surface area is 125 Å². The summed E-state index contributed by atoms with van der Waals surface area (Å²) in [4.78, 5) is 11.9. The van der Waals surface area contributed by atoms with Crippen LogP contribution in [0.15, 0.2) is 18.2 Å². The standard InChI is InChI=1S/C14H20N2O3.ClH/c1-18-12-4-3-10(7-13(12)19-2)8-16-14(17)11-5-6-15-9-11;/h3-4,7,11,15H,5-6,8-9H2,1-2H3,(H,16,17);1H. The lowest BCUT2D eigenvalue weighted by atomic mass is 10.1. The van der Waals surface area contributed by atoms with E-state index in [1.54, 1.807) is 14.2 Å². The lowest BCUT2D eigenvalue weighted by Crippen LogP contribution is -2.31. The third kappa shape index (κ3) is 4.02. The molecule has 6 heteroatoms. The smallest absolute Gasteiger partial charge is 0.224 e. The van der Waals surface area contributed by atoms with Gasteiger partial charge in [0.15, 0.2) is 11.5 Å². The van der Waals surface area contributed by atoms with Gasteiger partial charge in [0.1, 0.15) is 0 Å². The minimum absolute atomic E-state index is 0. The van der Waals surface area contributed by atoms with Crippen LogP contribution in [0.25, 0.3) is 0 Å². The lowest BCUT2D eigenvalue weighted by Gasteiger charge is -2.12. The first-order valence-corrected chi connectivity index (χ1v) is 6.44. The van der Waals surface area contributed by atoms with Crippen molar-refractivity contribution in [2.45, 2.75) is 13.0 Å². The van der Waals surface area contributed by atoms with Gasteiger partial charge in [-0.2, -0.15) is 0 Å². The number of carbonyl (C=O) groups is 1. The predicted molar refractivity (Wildman–Crippen MR) is 79.6 cm³/mol. The number of carbonyl (C=O) groups excluding carboxylic acids is 1. The van der Waals surface area contributed by atoms with Crippen LogP contribution in [0.2, 0.25) is 0 Å². The number of hydrogen-bond donors (Lipinski definition) is 2. The summed E-state index contributed by atoms with van der Waals surface area (Å²) in [5.41, 5.74) is 0.997. The fraction of sp³-hybridized carbons (Fsp3) is 0.500. The summed E-state index contributed by atoms with van der Waals surface area (Å²) in [6.45, 7) is 2.21. The summed E-state index contributed by atoms with van der Waals surface area (Å²) < 4.78 is 10.4. The maximum atomic E-state index is 11.9. The number of halogens is 1. The highest BCUT2D eigenvalue weighted by Crippen LogP contribution is 2.27. The van der Waals surface area contributed by atoms with Crippen LogP contribution < -0.4 is 20.1 Å². The molecule has 1 unspecified atom stereocenters. The second-order valence-electron chi connectivity index (χ2n) is 4.60. The summed E-state index contributed by atoms with van der Waals surface area (Å²) in [5, 5.41) is 6.14. The van der Waals surface area contributed by atoms with Crippen LogP contribution >= 0.6 is 12.4 Å². The Balaban J connectivity index is 0.00000200. The van der Waals surface area contributed by atoms with Gasteiger partial charge in [0.05, 0.1) is 20.1 Å². The molecule has 0 aliphatic carbocycles. The van der Waals surface area contributed by atoms with Crippen molar-refractivity contribution in [3.63, 3.8) is 0 Å². The largest absolute Gasteiger partial charge is 0.493 e. The average Bonchev–Trinajstić information content (AvgIpc) is 2.98. The molecule has 0 radical (unpaired) electrons. The number of ether oxygens (including phenoxy) is 2. The molecule has 20 heavy (non-hydrogen) atoms. The Bertz CT molecular complexity index is 448. The van der Waals surface area contributed by atoms with Crippen LogP contribution in [0, 0.1) is 5.92 Å². The Kier molecular flexibility index (Phi) is 6.61. The zero-order chi connectivity index (χ0) is 13.7. The second kappa shape index (κ2) is 7.97. The van der Waals surface area contributed by atoms with Gasteiger partial charge in [0.25, 0.3) is 0 Å². The molecule has 1 fully saturated rings. The van der Waals surface area contributed by atoms with Gasteiger partial charge in [-0.1, -0.05) is 6.07 Å². The molecule has 0 bridgehead atoms. The number of rotatable bonds is 5. The summed E-state index contributed by atoms with van der Waals surface area (Å²) >= 11 is 0. The topological polar surface area (TPSA) is 59.6 Å². The quantitative estimate of drug-likeness (QED) is 0.862. The van der Waals surface area contributed by atoms with Crippen LogP contribution in [-0.2, 0) is 11.3 Å². The van der Waals surface area contributed by atoms with Crippen LogP contribution in [0.3, 0.4) is 0 Å². The van der Waals surface area contributed by atoms with E-state index in [4.69, 9.17) is 9.47 Å². The van der Waals surface area contributed by atoms with Crippen molar-refractivity contribution in [2.24, 2.45) is 5.92 Å². The molecule has 1 aromatic rings. The highest BCUT2D eigenvalue weighted by molar-refractivity contribution is 5.85. The molecule has 1 saturated heterocycles. The van der Waals surface area contributed by atoms with E-state index in [1.807, 2.05) is 18.2 Å². The highest BCUT2D eigenvalue weighted by atomic mass is 35.5. The van der Waals surface area contributed by atoms with E-state index in [0.717, 1.165) is 25.1 Å². The summed E-state index contributed by atoms with van der Waals surface area (Å²) in [5.74, 6) is 1.58. The third-order valence-electron chi connectivity index (χ3n) is 3.35. The highest BCUT2D eigenvalue weighted by Gasteiger charge is 2.21. The molecular weight excluding hydrogens is 280 g/mol. The van der Waals surface area contributed by atoms with Crippen LogP contribution in [0.5, 0.6) is 11.5 Å². The predicted octanol–water partition coefficient (Wildman–Crippen LogP) is 1.35. The van der Waals surface area contributed by atoms with E-state index in [-0.39, 0.29) is 24.2 Å². The van der Waals surface area contributed by atoms with Gasteiger partial charge in [-0.15, -0.1) is 12.4 Å². The Morgan fingerprint density at radius 1 is 1.35 bits per heavy atom. The van der Waals surface area contributed by atoms with Gasteiger partial charge < -0.3 is 20.1 Å². The molecule has 2 rings (SSSR count). The van der Waals surface area contributed by atoms with Gasteiger partial charge in [0.2, 0.25) is 5.91 Å². The third-order valence-corrected chi connectivity index (χ3v) is 3.35. The van der Waals surface area contributed by atoms with Gasteiger partial charge in [0, 0.05) is 13.1 Å². The normalized spacial score (nSPS) is 17.2. The molecule has 1 aromatic carbocycles. The molecule has 112 valence electrons. The molecule has 0 saturated carbocycles. The minimum atomic E-state index is 0. The van der Waals surface area contributed by atoms with E-state index >= 15 is 0 Å². The lowest BCUT2D eigenvalue weighted by molar-refractivity contribution is -0.124. The number of amides is 1. The van der Waals surface area contributed by atoms with Crippen molar-refractivity contribution >= 4 is 18.3 Å². The van der Waals surface area contributed by atoms with Crippen LogP contribution in [0.1, 0.15) is 12.0 Å². The van der Waals surface area contributed by atoms with Crippen molar-refractivity contribution in [1.82, 2.24) is 10.6 Å². The van der Waals surface area contributed by atoms with E-state index < -0.39 is 0 Å². The van der Waals surface area contributed by atoms with Crippen LogP contribution in [0.4, 0.5) is 0 Å². The zero-order valence-corrected chi connectivity index (χ0v) is 12.6. The van der Waals surface area contributed by atoms with Crippen molar-refractivity contribution in [3.05, 3.63) is 23.8 Å². The van der Waals surface area contributed by atoms with E-state index in [0.29, 0.717) is 18.0 Å². The van der Waals surface area contributed by atoms with Gasteiger partial charge in [-0.3, -0.25) is 4.79 Å². The van der Waals surface area contributed by atoms with Gasteiger partial charge in [-0.05, 0) is 30.7 Å². The monoisotopic (exact) mass is 300 g/mol. The second-order valence-corrected chi connectivity index (χ2v) is 4.60. The number of benzene rings is 1. The number of hydrogen-bond acceptors (Lipinski definition) is 4. The maximum Gasteiger partial charge on any atom is 0.224 e. The first-order chi connectivity index (χ1) is 9.24. The Morgan fingerprint density at radius 3 is 2.70 bits per heavy atom. The van der Waals surface area contributed by atoms with Gasteiger partial charge >= 0.3 is 0 Å². The molecule has 1 aliphatic rings. The van der Waals surface area contributed by atoms with Gasteiger partial charge in [-0.25, -0.2) is 0 Å². The Hall–Kier alpha value is -1.46. The summed E-state index contributed by atoms with van der Waals surface area (Å²) in [7, 11) is 3.21. The van der Waals surface area contributed by atoms with E-state index in [1.165, 1.54) is 0 Å². The van der Waals surface area contributed by atoms with Crippen molar-refractivity contribution in [1.29, 1.82) is 0 Å². The molecule has 2 N–H and O–H groups in total. The molecule has 1 atom stereocenters. The van der Waals surface area contributed by atoms with Crippen molar-refractivity contribution in [2.75, 3.05) is 27.3 Å². The molecule has 1 aliphatic heterocycles. The van der Waals surface area contributed by atoms with Crippen molar-refractivity contribution in [3.8, 4) is 11.5 Å². The zero-order valence-electron chi connectivity index (χ0n) is 11.8. The molecule has 1 heterocycles. The molecule has 0 aromatic heterocycles. The van der Waals surface area contributed by atoms with E-state index in [2.05, 4.69) is 10.6 Å². The minimum Gasteiger partial charge on any atom is -0.493 e. The SMILES string of the molecule is COc1ccc(CNC(=O)C2CCNC2)cc1OC.Cl. The number of methoxy groups -OCH3 is 2. The van der Waals surface area contributed by atoms with E-state index in [9.17, 15) is 4.79 Å². The average molecular weight is 301 g/mol. The molecule has 5 nitrogen and oxygen atoms in total. The van der Waals surface area contributed by atoms with Crippen molar-refractivity contribution < 1.29 is 14.3 Å². The fourth-order valence-electron chi connectivity index (χ4n) is 2.20. The van der Waals surface area contributed by atoms with Crippen LogP contribution in [-0.4, -0.2) is 33.2 Å². The fourth-order valence-corrected chi connectivity index (χ4v) is 2.20. The summed E-state index contributed by atoms with van der Waals surface area (Å²) in [6.07, 6.45) is 0.914. The maximum absolute atomic E-state index is 11.9. The molecular formula is C14H21ClN2O3. The first kappa shape index (κ1) is 16.6. The first-order valence-electron chi connectivity index (χ1n) is 6.44.